The summed E-state index contributed by atoms with van der Waals surface area (Å²) in [6, 6.07) is 10.2. The van der Waals surface area contributed by atoms with Crippen molar-refractivity contribution in [3.63, 3.8) is 0 Å². The number of ether oxygens (including phenoxy) is 1. The first-order valence-corrected chi connectivity index (χ1v) is 10.7. The van der Waals surface area contributed by atoms with Crippen molar-refractivity contribution in [1.82, 2.24) is 10.2 Å². The van der Waals surface area contributed by atoms with Crippen LogP contribution in [0, 0.1) is 17.3 Å². The van der Waals surface area contributed by atoms with E-state index in [9.17, 15) is 9.59 Å². The summed E-state index contributed by atoms with van der Waals surface area (Å²) in [6.45, 7) is 3.50. The van der Waals surface area contributed by atoms with E-state index in [-0.39, 0.29) is 23.0 Å². The molecule has 1 aromatic rings. The number of benzene rings is 1. The Morgan fingerprint density at radius 3 is 2.50 bits per heavy atom. The number of morpholine rings is 1. The fourth-order valence-electron chi connectivity index (χ4n) is 7.07. The predicted octanol–water partition coefficient (Wildman–Crippen LogP) is 3.06. The third-order valence-corrected chi connectivity index (χ3v) is 7.48. The third kappa shape index (κ3) is 3.04. The lowest BCUT2D eigenvalue weighted by Crippen LogP contribution is -2.66. The first-order valence-electron chi connectivity index (χ1n) is 10.7. The maximum absolute atomic E-state index is 13.8. The van der Waals surface area contributed by atoms with Gasteiger partial charge in [-0.15, -0.1) is 0 Å². The smallest absolute Gasteiger partial charge is 0.229 e. The molecule has 5 nitrogen and oxygen atoms in total. The SMILES string of the molecule is CC(=O)NC12C[C@H]3C[C@@H](C1)CC(C(=O)N1CCO[C@H](c4ccccc4)C1)(C3)C2. The van der Waals surface area contributed by atoms with Crippen molar-refractivity contribution >= 4 is 11.8 Å². The van der Waals surface area contributed by atoms with E-state index in [2.05, 4.69) is 22.3 Å². The van der Waals surface area contributed by atoms with E-state index < -0.39 is 0 Å². The lowest BCUT2D eigenvalue weighted by Gasteiger charge is -2.62. The number of carbonyl (C=O) groups is 2. The zero-order valence-corrected chi connectivity index (χ0v) is 16.7. The minimum Gasteiger partial charge on any atom is -0.370 e. The molecule has 4 saturated carbocycles. The zero-order chi connectivity index (χ0) is 19.4. The normalized spacial score (nSPS) is 39.0. The number of nitrogens with zero attached hydrogens (tertiary/aromatic N) is 1. The fourth-order valence-corrected chi connectivity index (χ4v) is 7.07. The topological polar surface area (TPSA) is 58.6 Å². The average molecular weight is 383 g/mol. The third-order valence-electron chi connectivity index (χ3n) is 7.48. The first kappa shape index (κ1) is 18.2. The average Bonchev–Trinajstić information content (AvgIpc) is 2.66. The van der Waals surface area contributed by atoms with E-state index in [1.807, 2.05) is 18.2 Å². The highest BCUT2D eigenvalue weighted by molar-refractivity contribution is 5.84. The largest absolute Gasteiger partial charge is 0.370 e. The molecule has 0 spiro atoms. The lowest BCUT2D eigenvalue weighted by atomic mass is 9.46. The Labute approximate surface area is 166 Å². The van der Waals surface area contributed by atoms with Crippen LogP contribution in [0.25, 0.3) is 0 Å². The van der Waals surface area contributed by atoms with Crippen LogP contribution in [0.2, 0.25) is 0 Å². The van der Waals surface area contributed by atoms with Gasteiger partial charge in [0.15, 0.2) is 0 Å². The summed E-state index contributed by atoms with van der Waals surface area (Å²) in [4.78, 5) is 27.7. The maximum Gasteiger partial charge on any atom is 0.229 e. The summed E-state index contributed by atoms with van der Waals surface area (Å²) in [6.07, 6.45) is 6.10. The van der Waals surface area contributed by atoms with Crippen LogP contribution < -0.4 is 5.32 Å². The van der Waals surface area contributed by atoms with Crippen molar-refractivity contribution in [2.45, 2.75) is 57.1 Å². The summed E-state index contributed by atoms with van der Waals surface area (Å²) in [5.74, 6) is 1.49. The van der Waals surface area contributed by atoms with Crippen molar-refractivity contribution < 1.29 is 14.3 Å². The van der Waals surface area contributed by atoms with Gasteiger partial charge < -0.3 is 15.0 Å². The maximum atomic E-state index is 13.8. The van der Waals surface area contributed by atoms with Crippen LogP contribution >= 0.6 is 0 Å². The van der Waals surface area contributed by atoms with Gasteiger partial charge in [0.2, 0.25) is 11.8 Å². The minimum atomic E-state index is -0.287. The summed E-state index contributed by atoms with van der Waals surface area (Å²) in [5, 5.41) is 3.27. The van der Waals surface area contributed by atoms with Gasteiger partial charge in [-0.2, -0.15) is 0 Å². The van der Waals surface area contributed by atoms with Crippen molar-refractivity contribution in [3.8, 4) is 0 Å². The Kier molecular flexibility index (Phi) is 4.27. The number of amides is 2. The Hall–Kier alpha value is -1.88. The first-order chi connectivity index (χ1) is 13.5. The molecule has 5 aliphatic rings. The molecular formula is C23H30N2O3. The van der Waals surface area contributed by atoms with Gasteiger partial charge in [-0.3, -0.25) is 9.59 Å². The Bertz CT molecular complexity index is 763. The van der Waals surface area contributed by atoms with Crippen LogP contribution in [-0.2, 0) is 14.3 Å². The molecule has 0 aromatic heterocycles. The number of rotatable bonds is 3. The van der Waals surface area contributed by atoms with Gasteiger partial charge in [0.1, 0.15) is 6.10 Å². The molecule has 1 saturated heterocycles. The van der Waals surface area contributed by atoms with Crippen molar-refractivity contribution in [2.24, 2.45) is 17.3 Å². The molecule has 5 heteroatoms. The highest BCUT2D eigenvalue weighted by atomic mass is 16.5. The highest BCUT2D eigenvalue weighted by Gasteiger charge is 2.61. The number of hydrogen-bond acceptors (Lipinski definition) is 3. The molecule has 1 aliphatic heterocycles. The van der Waals surface area contributed by atoms with Crippen LogP contribution in [-0.4, -0.2) is 41.9 Å². The number of carbonyl (C=O) groups excluding carboxylic acids is 2. The Morgan fingerprint density at radius 2 is 1.82 bits per heavy atom. The molecule has 4 bridgehead atoms. The second-order valence-corrected chi connectivity index (χ2v) is 9.72. The molecule has 1 N–H and O–H groups in total. The molecule has 2 amide bonds. The van der Waals surface area contributed by atoms with Crippen LogP contribution in [0.1, 0.15) is 57.1 Å². The summed E-state index contributed by atoms with van der Waals surface area (Å²) >= 11 is 0. The molecule has 6 rings (SSSR count). The van der Waals surface area contributed by atoms with Crippen LogP contribution in [0.5, 0.6) is 0 Å². The molecule has 2 unspecified atom stereocenters. The molecular weight excluding hydrogens is 352 g/mol. The van der Waals surface area contributed by atoms with Crippen molar-refractivity contribution in [1.29, 1.82) is 0 Å². The van der Waals surface area contributed by atoms with Gasteiger partial charge in [0.05, 0.1) is 18.6 Å². The molecule has 4 aliphatic carbocycles. The van der Waals surface area contributed by atoms with Gasteiger partial charge in [-0.25, -0.2) is 0 Å². The molecule has 5 fully saturated rings. The summed E-state index contributed by atoms with van der Waals surface area (Å²) < 4.78 is 5.98. The van der Waals surface area contributed by atoms with E-state index >= 15 is 0 Å². The molecule has 5 atom stereocenters. The standard InChI is InChI=1S/C23H30N2O3/c1-16(26)24-23-12-17-9-18(13-23)11-22(10-17,15-23)21(27)25-7-8-28-20(14-25)19-5-3-2-4-6-19/h2-6,17-18,20H,7-15H2,1H3,(H,24,26)/t17-,18+,20-,22?,23?/m0/s1. The van der Waals surface area contributed by atoms with E-state index in [0.29, 0.717) is 37.4 Å². The minimum absolute atomic E-state index is 0.0417. The quantitative estimate of drug-likeness (QED) is 0.874. The summed E-state index contributed by atoms with van der Waals surface area (Å²) in [5.41, 5.74) is 0.696. The van der Waals surface area contributed by atoms with Crippen molar-refractivity contribution in [2.75, 3.05) is 19.7 Å². The predicted molar refractivity (Wildman–Crippen MR) is 105 cm³/mol. The monoisotopic (exact) mass is 382 g/mol. The van der Waals surface area contributed by atoms with E-state index in [1.54, 1.807) is 6.92 Å². The van der Waals surface area contributed by atoms with Gasteiger partial charge in [0, 0.05) is 19.0 Å². The second kappa shape index (κ2) is 6.58. The van der Waals surface area contributed by atoms with E-state index in [1.165, 1.54) is 6.42 Å². The highest BCUT2D eigenvalue weighted by Crippen LogP contribution is 2.62. The zero-order valence-electron chi connectivity index (χ0n) is 16.7. The van der Waals surface area contributed by atoms with E-state index in [4.69, 9.17) is 4.74 Å². The summed E-state index contributed by atoms with van der Waals surface area (Å²) in [7, 11) is 0. The Balaban J connectivity index is 1.38. The van der Waals surface area contributed by atoms with Gasteiger partial charge in [-0.1, -0.05) is 30.3 Å². The number of hydrogen-bond donors (Lipinski definition) is 1. The molecule has 1 aromatic carbocycles. The molecule has 1 heterocycles. The van der Waals surface area contributed by atoms with Gasteiger partial charge >= 0.3 is 0 Å². The lowest BCUT2D eigenvalue weighted by molar-refractivity contribution is -0.169. The van der Waals surface area contributed by atoms with Crippen molar-refractivity contribution in [3.05, 3.63) is 35.9 Å². The van der Waals surface area contributed by atoms with Gasteiger partial charge in [0.25, 0.3) is 0 Å². The molecule has 150 valence electrons. The fraction of sp³-hybridized carbons (Fsp3) is 0.652. The number of nitrogens with one attached hydrogen (secondary N) is 1. The molecule has 28 heavy (non-hydrogen) atoms. The second-order valence-electron chi connectivity index (χ2n) is 9.72. The van der Waals surface area contributed by atoms with Crippen LogP contribution in [0.4, 0.5) is 0 Å². The van der Waals surface area contributed by atoms with Crippen LogP contribution in [0.15, 0.2) is 30.3 Å². The molecule has 0 radical (unpaired) electrons. The van der Waals surface area contributed by atoms with E-state index in [0.717, 1.165) is 37.7 Å². The van der Waals surface area contributed by atoms with Gasteiger partial charge in [-0.05, 0) is 55.9 Å². The Morgan fingerprint density at radius 1 is 1.11 bits per heavy atom. The van der Waals surface area contributed by atoms with Crippen LogP contribution in [0.3, 0.4) is 0 Å².